The average molecular weight is 404 g/mol. The van der Waals surface area contributed by atoms with Crippen molar-refractivity contribution in [1.82, 2.24) is 9.55 Å². The van der Waals surface area contributed by atoms with Gasteiger partial charge >= 0.3 is 20.9 Å². The molecule has 2 heterocycles. The van der Waals surface area contributed by atoms with Gasteiger partial charge in [0.25, 0.3) is 5.56 Å². The van der Waals surface area contributed by atoms with Crippen molar-refractivity contribution in [2.24, 2.45) is 0 Å². The number of H-pyrrole nitrogens is 1. The first-order valence-electron chi connectivity index (χ1n) is 6.70. The van der Waals surface area contributed by atoms with E-state index in [0.717, 1.165) is 12.3 Å². The summed E-state index contributed by atoms with van der Waals surface area (Å²) in [6, 6.07) is 0.926. The van der Waals surface area contributed by atoms with Gasteiger partial charge in [-0.15, -0.1) is 0 Å². The van der Waals surface area contributed by atoms with Gasteiger partial charge in [-0.05, 0) is 0 Å². The summed E-state index contributed by atoms with van der Waals surface area (Å²) in [4.78, 5) is 51.2. The molecule has 2 rings (SSSR count). The summed E-state index contributed by atoms with van der Waals surface area (Å²) in [5, 5.41) is 9.77. The lowest BCUT2D eigenvalue weighted by Crippen LogP contribution is -2.35. The fourth-order valence-electron chi connectivity index (χ4n) is 2.16. The number of alkyl halides is 1. The molecule has 0 radical (unpaired) electrons. The minimum Gasteiger partial charge on any atom is -0.387 e. The van der Waals surface area contributed by atoms with Crippen molar-refractivity contribution in [3.05, 3.63) is 33.1 Å². The summed E-state index contributed by atoms with van der Waals surface area (Å²) in [6.07, 6.45) is -6.15. The number of nitrogens with zero attached hydrogens (tertiary/aromatic N) is 1. The topological polar surface area (TPSA) is 188 Å². The van der Waals surface area contributed by atoms with Crippen molar-refractivity contribution in [3.8, 4) is 0 Å². The van der Waals surface area contributed by atoms with Crippen molar-refractivity contribution in [1.29, 1.82) is 0 Å². The van der Waals surface area contributed by atoms with E-state index in [1.165, 1.54) is 0 Å². The lowest BCUT2D eigenvalue weighted by atomic mass is 10.1. The smallest absolute Gasteiger partial charge is 0.340 e. The monoisotopic (exact) mass is 404 g/mol. The Kier molecular flexibility index (Phi) is 5.81. The molecule has 12 nitrogen and oxygen atoms in total. The molecule has 0 saturated carbocycles. The van der Waals surface area contributed by atoms with Crippen LogP contribution in [-0.4, -0.2) is 60.2 Å². The Morgan fingerprint density at radius 3 is 2.52 bits per heavy atom. The zero-order chi connectivity index (χ0) is 19.0. The summed E-state index contributed by atoms with van der Waals surface area (Å²) >= 11 is 0. The van der Waals surface area contributed by atoms with Gasteiger partial charge in [0.1, 0.15) is 12.2 Å². The number of halogens is 1. The standard InChI is InChI=1S/C10H15FN2O10P2/c11-7-8(15)5(3-22-25(20,21)4-24(17,18)19)23-9(7)13-2-1-6(14)12-10(13)16/h1-2,5,7-9,15H,3-4H2,(H,20,21)(H,12,14,16)(H2,17,18,19)/t5-,7+,8-,9-/m1/s1. The summed E-state index contributed by atoms with van der Waals surface area (Å²) in [7, 11) is -9.56. The molecule has 15 heteroatoms. The zero-order valence-corrected chi connectivity index (χ0v) is 14.1. The maximum atomic E-state index is 14.2. The second kappa shape index (κ2) is 7.22. The molecular weight excluding hydrogens is 389 g/mol. The van der Waals surface area contributed by atoms with Crippen LogP contribution >= 0.6 is 15.2 Å². The van der Waals surface area contributed by atoms with Crippen molar-refractivity contribution in [2.45, 2.75) is 24.6 Å². The molecule has 0 amide bonds. The van der Waals surface area contributed by atoms with E-state index in [0.29, 0.717) is 4.57 Å². The highest BCUT2D eigenvalue weighted by molar-refractivity contribution is 7.70. The predicted molar refractivity (Wildman–Crippen MR) is 78.8 cm³/mol. The van der Waals surface area contributed by atoms with Crippen LogP contribution in [0.1, 0.15) is 6.23 Å². The number of hydrogen-bond donors (Lipinski definition) is 5. The molecule has 1 saturated heterocycles. The number of aromatic nitrogens is 2. The van der Waals surface area contributed by atoms with E-state index in [4.69, 9.17) is 14.5 Å². The number of aliphatic hydroxyl groups is 1. The molecule has 1 aliphatic heterocycles. The summed E-state index contributed by atoms with van der Waals surface area (Å²) in [5.41, 5.74) is -1.73. The molecule has 1 fully saturated rings. The maximum absolute atomic E-state index is 14.2. The van der Waals surface area contributed by atoms with Crippen molar-refractivity contribution in [3.63, 3.8) is 0 Å². The molecule has 1 aliphatic rings. The van der Waals surface area contributed by atoms with Crippen molar-refractivity contribution in [2.75, 3.05) is 12.5 Å². The highest BCUT2D eigenvalue weighted by Gasteiger charge is 2.46. The molecule has 5 atom stereocenters. The van der Waals surface area contributed by atoms with Crippen LogP contribution in [0.25, 0.3) is 0 Å². The van der Waals surface area contributed by atoms with Crippen molar-refractivity contribution < 1.29 is 42.6 Å². The predicted octanol–water partition coefficient (Wildman–Crippen LogP) is -1.53. The first kappa shape index (κ1) is 20.1. The van der Waals surface area contributed by atoms with Gasteiger partial charge in [-0.1, -0.05) is 0 Å². The number of aliphatic hydroxyl groups excluding tert-OH is 1. The molecule has 0 aromatic carbocycles. The summed E-state index contributed by atoms with van der Waals surface area (Å²) in [6.45, 7) is -0.857. The molecular formula is C10H15FN2O10P2. The largest absolute Gasteiger partial charge is 0.387 e. The van der Waals surface area contributed by atoms with Crippen LogP contribution in [0.2, 0.25) is 0 Å². The molecule has 0 spiro atoms. The van der Waals surface area contributed by atoms with Gasteiger partial charge in [-0.3, -0.25) is 23.5 Å². The van der Waals surface area contributed by atoms with Gasteiger partial charge in [0.05, 0.1) is 6.61 Å². The Labute approximate surface area is 138 Å². The molecule has 142 valence electrons. The number of ether oxygens (including phenoxy) is 1. The fourth-order valence-corrected chi connectivity index (χ4v) is 4.73. The molecule has 0 bridgehead atoms. The molecule has 1 aromatic heterocycles. The first-order valence-corrected chi connectivity index (χ1v) is 10.3. The van der Waals surface area contributed by atoms with Gasteiger partial charge in [-0.2, -0.15) is 0 Å². The van der Waals surface area contributed by atoms with E-state index in [9.17, 15) is 33.1 Å². The third-order valence-electron chi connectivity index (χ3n) is 3.22. The third-order valence-corrected chi connectivity index (χ3v) is 6.68. The van der Waals surface area contributed by atoms with Crippen LogP contribution in [0.3, 0.4) is 0 Å². The third kappa shape index (κ3) is 5.16. The minimum absolute atomic E-state index is 0.670. The molecule has 1 aromatic rings. The Morgan fingerprint density at radius 2 is 1.96 bits per heavy atom. The molecule has 1 unspecified atom stereocenters. The van der Waals surface area contributed by atoms with Gasteiger partial charge in [-0.25, -0.2) is 9.18 Å². The normalized spacial score (nSPS) is 29.5. The number of aromatic amines is 1. The Morgan fingerprint density at radius 1 is 1.32 bits per heavy atom. The van der Waals surface area contributed by atoms with Gasteiger partial charge in [0.2, 0.25) is 0 Å². The van der Waals surface area contributed by atoms with E-state index in [1.54, 1.807) is 0 Å². The Balaban J connectivity index is 2.09. The zero-order valence-electron chi connectivity index (χ0n) is 12.3. The summed E-state index contributed by atoms with van der Waals surface area (Å²) in [5.74, 6) is -1.45. The van der Waals surface area contributed by atoms with Crippen LogP contribution in [-0.2, 0) is 18.4 Å². The lowest BCUT2D eigenvalue weighted by molar-refractivity contribution is -0.0458. The summed E-state index contributed by atoms with van der Waals surface area (Å²) < 4.78 is 46.6. The lowest BCUT2D eigenvalue weighted by Gasteiger charge is -2.18. The van der Waals surface area contributed by atoms with E-state index in [1.807, 2.05) is 4.98 Å². The van der Waals surface area contributed by atoms with Crippen LogP contribution in [0.4, 0.5) is 4.39 Å². The Hall–Kier alpha value is -1.17. The van der Waals surface area contributed by atoms with Gasteiger partial charge < -0.3 is 29.0 Å². The maximum Gasteiger partial charge on any atom is 0.340 e. The van der Waals surface area contributed by atoms with Crippen LogP contribution in [0, 0.1) is 0 Å². The van der Waals surface area contributed by atoms with Crippen LogP contribution < -0.4 is 11.2 Å². The van der Waals surface area contributed by atoms with Gasteiger partial charge in [0.15, 0.2) is 18.3 Å². The first-order chi connectivity index (χ1) is 11.4. The molecule has 5 N–H and O–H groups in total. The van der Waals surface area contributed by atoms with Crippen molar-refractivity contribution >= 4 is 15.2 Å². The highest BCUT2D eigenvalue weighted by Crippen LogP contribution is 2.55. The quantitative estimate of drug-likeness (QED) is 0.348. The second-order valence-electron chi connectivity index (χ2n) is 5.26. The van der Waals surface area contributed by atoms with Gasteiger partial charge in [0, 0.05) is 12.3 Å². The van der Waals surface area contributed by atoms with E-state index in [2.05, 4.69) is 4.52 Å². The number of hydrogen-bond acceptors (Lipinski definition) is 7. The second-order valence-corrected chi connectivity index (χ2v) is 9.25. The Bertz CT molecular complexity index is 833. The SMILES string of the molecule is O=c1ccn([C@@H]2O[C@H](COP(=O)(O)CP(=O)(O)O)[C@@H](O)[C@@H]2F)c(=O)[nH]1. The highest BCUT2D eigenvalue weighted by atomic mass is 31.2. The minimum atomic E-state index is -4.84. The number of rotatable bonds is 6. The van der Waals surface area contributed by atoms with E-state index in [-0.39, 0.29) is 0 Å². The number of nitrogens with one attached hydrogen (secondary N) is 1. The average Bonchev–Trinajstić information content (AvgIpc) is 2.71. The molecule has 25 heavy (non-hydrogen) atoms. The van der Waals surface area contributed by atoms with E-state index >= 15 is 0 Å². The fraction of sp³-hybridized carbons (Fsp3) is 0.600. The van der Waals surface area contributed by atoms with E-state index < -0.39 is 63.6 Å². The van der Waals surface area contributed by atoms with Crippen LogP contribution in [0.5, 0.6) is 0 Å². The van der Waals surface area contributed by atoms with Crippen LogP contribution in [0.15, 0.2) is 21.9 Å². The molecule has 0 aliphatic carbocycles.